The molecule has 0 aromatic heterocycles. The van der Waals surface area contributed by atoms with Crippen LogP contribution in [0.2, 0.25) is 5.02 Å². The number of sulfonamides is 1. The van der Waals surface area contributed by atoms with Crippen LogP contribution in [-0.2, 0) is 14.8 Å². The summed E-state index contributed by atoms with van der Waals surface area (Å²) in [6.45, 7) is 6.17. The number of unbranched alkanes of at least 4 members (excludes halogenated alkanes) is 1. The van der Waals surface area contributed by atoms with Gasteiger partial charge in [0, 0.05) is 16.9 Å². The molecule has 0 atom stereocenters. The molecular weight excluding hydrogens is 488 g/mol. The molecule has 0 radical (unpaired) electrons. The molecule has 3 aromatic rings. The molecule has 0 saturated carbocycles. The third kappa shape index (κ3) is 6.83. The average Bonchev–Trinajstić information content (AvgIpc) is 2.82. The van der Waals surface area contributed by atoms with Gasteiger partial charge in [-0.15, -0.1) is 0 Å². The Balaban J connectivity index is 1.74. The van der Waals surface area contributed by atoms with E-state index >= 15 is 0 Å². The van der Waals surface area contributed by atoms with E-state index < -0.39 is 21.9 Å². The summed E-state index contributed by atoms with van der Waals surface area (Å²) in [6.07, 6.45) is 1.71. The maximum Gasteiger partial charge on any atom is 0.338 e. The van der Waals surface area contributed by atoms with Crippen molar-refractivity contribution in [1.29, 1.82) is 0 Å². The Hall–Kier alpha value is -3.36. The minimum Gasteiger partial charge on any atom is -0.462 e. The van der Waals surface area contributed by atoms with Gasteiger partial charge in [0.15, 0.2) is 0 Å². The molecule has 0 fully saturated rings. The Labute approximate surface area is 210 Å². The fraction of sp³-hybridized carbons (Fsp3) is 0.231. The molecule has 184 valence electrons. The molecule has 0 aliphatic heterocycles. The summed E-state index contributed by atoms with van der Waals surface area (Å²) in [5.74, 6) is -0.956. The van der Waals surface area contributed by atoms with E-state index in [0.717, 1.165) is 24.0 Å². The van der Waals surface area contributed by atoms with Crippen LogP contribution in [0.3, 0.4) is 0 Å². The summed E-state index contributed by atoms with van der Waals surface area (Å²) < 4.78 is 33.6. The first-order chi connectivity index (χ1) is 16.6. The zero-order chi connectivity index (χ0) is 25.6. The van der Waals surface area contributed by atoms with Crippen molar-refractivity contribution in [2.75, 3.05) is 16.6 Å². The van der Waals surface area contributed by atoms with Gasteiger partial charge in [0.05, 0.1) is 17.2 Å². The fourth-order valence-electron chi connectivity index (χ4n) is 3.15. The number of anilines is 2. The van der Waals surface area contributed by atoms with Crippen molar-refractivity contribution in [3.63, 3.8) is 0 Å². The number of hydrogen-bond acceptors (Lipinski definition) is 5. The van der Waals surface area contributed by atoms with Crippen LogP contribution in [0.25, 0.3) is 0 Å². The number of carbonyl (C=O) groups is 2. The number of esters is 1. The number of halogens is 1. The van der Waals surface area contributed by atoms with E-state index in [0.29, 0.717) is 23.5 Å². The Morgan fingerprint density at radius 1 is 0.886 bits per heavy atom. The molecule has 1 amide bonds. The van der Waals surface area contributed by atoms with Gasteiger partial charge in [-0.1, -0.05) is 31.0 Å². The summed E-state index contributed by atoms with van der Waals surface area (Å²) >= 11 is 6.17. The molecule has 0 bridgehead atoms. The highest BCUT2D eigenvalue weighted by molar-refractivity contribution is 7.92. The van der Waals surface area contributed by atoms with E-state index in [4.69, 9.17) is 16.3 Å². The van der Waals surface area contributed by atoms with Crippen LogP contribution < -0.4 is 10.0 Å². The van der Waals surface area contributed by atoms with E-state index in [1.165, 1.54) is 18.2 Å². The lowest BCUT2D eigenvalue weighted by Gasteiger charge is -2.12. The van der Waals surface area contributed by atoms with Gasteiger partial charge >= 0.3 is 5.97 Å². The number of rotatable bonds is 9. The van der Waals surface area contributed by atoms with E-state index in [1.807, 2.05) is 26.8 Å². The number of ether oxygens (including phenoxy) is 1. The fourth-order valence-corrected chi connectivity index (χ4v) is 4.73. The topological polar surface area (TPSA) is 102 Å². The smallest absolute Gasteiger partial charge is 0.338 e. The highest BCUT2D eigenvalue weighted by Crippen LogP contribution is 2.26. The second-order valence-electron chi connectivity index (χ2n) is 8.07. The molecule has 0 unspecified atom stereocenters. The standard InChI is InChI=1S/C26H27ClN2O5S/c1-4-5-14-34-26(31)19-7-11-21(12-8-19)28-25(30)20-9-13-23(27)24(16-20)35(32,33)29-22-10-6-17(2)18(3)15-22/h6-13,15-16,29H,4-5,14H2,1-3H3,(H,28,30). The van der Waals surface area contributed by atoms with E-state index in [2.05, 4.69) is 10.0 Å². The second-order valence-corrected chi connectivity index (χ2v) is 10.1. The number of nitrogens with one attached hydrogen (secondary N) is 2. The minimum atomic E-state index is -4.04. The van der Waals surface area contributed by atoms with Gasteiger partial charge in [-0.2, -0.15) is 0 Å². The Morgan fingerprint density at radius 2 is 1.54 bits per heavy atom. The van der Waals surface area contributed by atoms with Crippen molar-refractivity contribution in [2.45, 2.75) is 38.5 Å². The first kappa shape index (κ1) is 26.2. The number of hydrogen-bond donors (Lipinski definition) is 2. The van der Waals surface area contributed by atoms with Crippen LogP contribution in [0.5, 0.6) is 0 Å². The molecule has 0 aliphatic carbocycles. The minimum absolute atomic E-state index is 0.0104. The second kappa shape index (κ2) is 11.4. The van der Waals surface area contributed by atoms with Crippen LogP contribution >= 0.6 is 11.6 Å². The first-order valence-electron chi connectivity index (χ1n) is 11.1. The highest BCUT2D eigenvalue weighted by Gasteiger charge is 2.21. The lowest BCUT2D eigenvalue weighted by Crippen LogP contribution is -2.16. The molecule has 3 rings (SSSR count). The van der Waals surface area contributed by atoms with E-state index in [-0.39, 0.29) is 15.5 Å². The summed E-state index contributed by atoms with van der Waals surface area (Å²) in [4.78, 5) is 24.6. The number of amides is 1. The summed E-state index contributed by atoms with van der Waals surface area (Å²) in [7, 11) is -4.04. The lowest BCUT2D eigenvalue weighted by atomic mass is 10.1. The van der Waals surface area contributed by atoms with Gasteiger partial charge in [0.1, 0.15) is 4.90 Å². The highest BCUT2D eigenvalue weighted by atomic mass is 35.5. The predicted molar refractivity (Wildman–Crippen MR) is 138 cm³/mol. The molecule has 0 heterocycles. The van der Waals surface area contributed by atoms with Crippen molar-refractivity contribution >= 4 is 44.9 Å². The van der Waals surface area contributed by atoms with Crippen LogP contribution in [-0.4, -0.2) is 26.9 Å². The molecule has 0 saturated heterocycles. The van der Waals surface area contributed by atoms with Crippen LogP contribution in [0, 0.1) is 13.8 Å². The molecule has 3 aromatic carbocycles. The Morgan fingerprint density at radius 3 is 2.20 bits per heavy atom. The maximum absolute atomic E-state index is 13.0. The van der Waals surface area contributed by atoms with Gasteiger partial charge in [-0.05, 0) is 86.0 Å². The van der Waals surface area contributed by atoms with Gasteiger partial charge in [-0.3, -0.25) is 9.52 Å². The van der Waals surface area contributed by atoms with Crippen LogP contribution in [0.1, 0.15) is 51.6 Å². The van der Waals surface area contributed by atoms with Crippen LogP contribution in [0.15, 0.2) is 65.6 Å². The summed E-state index contributed by atoms with van der Waals surface area (Å²) in [5.41, 5.74) is 3.28. The van der Waals surface area contributed by atoms with Gasteiger partial charge in [-0.25, -0.2) is 13.2 Å². The quantitative estimate of drug-likeness (QED) is 0.270. The van der Waals surface area contributed by atoms with Gasteiger partial charge < -0.3 is 10.1 Å². The molecule has 0 spiro atoms. The summed E-state index contributed by atoms with van der Waals surface area (Å²) in [5, 5.41) is 2.68. The molecule has 0 aliphatic rings. The van der Waals surface area contributed by atoms with Crippen molar-refractivity contribution in [1.82, 2.24) is 0 Å². The number of carbonyl (C=O) groups excluding carboxylic acids is 2. The maximum atomic E-state index is 13.0. The third-order valence-electron chi connectivity index (χ3n) is 5.35. The zero-order valence-corrected chi connectivity index (χ0v) is 21.3. The number of benzene rings is 3. The lowest BCUT2D eigenvalue weighted by molar-refractivity contribution is 0.0499. The zero-order valence-electron chi connectivity index (χ0n) is 19.7. The molecule has 2 N–H and O–H groups in total. The monoisotopic (exact) mass is 514 g/mol. The Kier molecular flexibility index (Phi) is 8.53. The SMILES string of the molecule is CCCCOC(=O)c1ccc(NC(=O)c2ccc(Cl)c(S(=O)(=O)Nc3ccc(C)c(C)c3)c2)cc1. The predicted octanol–water partition coefficient (Wildman–Crippen LogP) is 5.97. The van der Waals surface area contributed by atoms with Gasteiger partial charge in [0.25, 0.3) is 15.9 Å². The normalized spacial score (nSPS) is 11.1. The van der Waals surface area contributed by atoms with E-state index in [9.17, 15) is 18.0 Å². The Bertz CT molecular complexity index is 1340. The van der Waals surface area contributed by atoms with Crippen molar-refractivity contribution in [3.8, 4) is 0 Å². The number of aryl methyl sites for hydroxylation is 2. The third-order valence-corrected chi connectivity index (χ3v) is 7.21. The molecular formula is C26H27ClN2O5S. The molecule has 7 nitrogen and oxygen atoms in total. The van der Waals surface area contributed by atoms with Crippen molar-refractivity contribution in [2.24, 2.45) is 0 Å². The first-order valence-corrected chi connectivity index (χ1v) is 12.9. The molecule has 9 heteroatoms. The average molecular weight is 515 g/mol. The van der Waals surface area contributed by atoms with Crippen molar-refractivity contribution < 1.29 is 22.7 Å². The van der Waals surface area contributed by atoms with Gasteiger partial charge in [0.2, 0.25) is 0 Å². The largest absolute Gasteiger partial charge is 0.462 e. The molecule has 35 heavy (non-hydrogen) atoms. The van der Waals surface area contributed by atoms with Crippen molar-refractivity contribution in [3.05, 3.63) is 87.9 Å². The summed E-state index contributed by atoms with van der Waals surface area (Å²) in [6, 6.07) is 15.5. The van der Waals surface area contributed by atoms with Crippen LogP contribution in [0.4, 0.5) is 11.4 Å². The van der Waals surface area contributed by atoms with E-state index in [1.54, 1.807) is 36.4 Å².